The molecule has 17 heteroatoms. The van der Waals surface area contributed by atoms with Crippen molar-refractivity contribution >= 4 is 41.7 Å². The van der Waals surface area contributed by atoms with Crippen LogP contribution in [0.3, 0.4) is 0 Å². The van der Waals surface area contributed by atoms with E-state index >= 15 is 0 Å². The lowest BCUT2D eigenvalue weighted by Crippen LogP contribution is -2.45. The summed E-state index contributed by atoms with van der Waals surface area (Å²) >= 11 is 0. The van der Waals surface area contributed by atoms with E-state index in [1.54, 1.807) is 44.3 Å². The SMILES string of the molecule is COc1nc(N)nc2c1ncn2C1OC(COP(=O)(NC(C(=O)OCC(C)(C)C)C(C)C)Oc2ccc3ncccc3c2)C(O)C1(C)O. The van der Waals surface area contributed by atoms with Gasteiger partial charge in [-0.3, -0.25) is 18.9 Å². The van der Waals surface area contributed by atoms with Gasteiger partial charge in [-0.05, 0) is 42.5 Å². The van der Waals surface area contributed by atoms with E-state index in [9.17, 15) is 19.6 Å². The number of hydrogen-bond acceptors (Lipinski definition) is 14. The maximum atomic E-state index is 14.5. The van der Waals surface area contributed by atoms with Crippen LogP contribution in [0.25, 0.3) is 22.1 Å². The lowest BCUT2D eigenvalue weighted by molar-refractivity contribution is -0.149. The minimum Gasteiger partial charge on any atom is -0.479 e. The van der Waals surface area contributed by atoms with Crippen LogP contribution in [0.5, 0.6) is 11.6 Å². The first-order valence-corrected chi connectivity index (χ1v) is 16.9. The van der Waals surface area contributed by atoms with Gasteiger partial charge in [0.05, 0.1) is 32.2 Å². The highest BCUT2D eigenvalue weighted by Gasteiger charge is 2.54. The van der Waals surface area contributed by atoms with Crippen LogP contribution >= 0.6 is 7.75 Å². The molecule has 5 rings (SSSR count). The number of nitrogen functional groups attached to an aromatic ring is 1. The average Bonchev–Trinajstić information content (AvgIpc) is 3.53. The Morgan fingerprint density at radius 2 is 1.98 bits per heavy atom. The van der Waals surface area contributed by atoms with Crippen molar-refractivity contribution in [2.75, 3.05) is 26.1 Å². The fourth-order valence-electron chi connectivity index (χ4n) is 5.13. The number of rotatable bonds is 12. The molecule has 1 fully saturated rings. The number of aliphatic hydroxyl groups excluding tert-OH is 1. The molecule has 48 heavy (non-hydrogen) atoms. The van der Waals surface area contributed by atoms with Gasteiger partial charge in [0.25, 0.3) is 0 Å². The molecule has 260 valence electrons. The molecule has 6 unspecified atom stereocenters. The molecule has 1 aromatic carbocycles. The van der Waals surface area contributed by atoms with Crippen molar-refractivity contribution in [1.29, 1.82) is 0 Å². The standard InChI is InChI=1S/C31H42N7O9P/c1-17(2)22(27(40)44-15-30(3,4)5)37-48(42,47-19-10-11-20-18(13-19)9-8-12-33-20)45-14-21-24(39)31(6,41)28(46-21)38-16-34-23-25(38)35-29(32)36-26(23)43-7/h8-13,16-17,21-22,24,28,39,41H,14-15H2,1-7H3,(H,37,42)(H2,32,35,36). The van der Waals surface area contributed by atoms with Crippen LogP contribution in [0, 0.1) is 11.3 Å². The maximum absolute atomic E-state index is 14.5. The smallest absolute Gasteiger partial charge is 0.459 e. The number of carbonyl (C=O) groups is 1. The van der Waals surface area contributed by atoms with E-state index in [4.69, 9.17) is 29.0 Å². The van der Waals surface area contributed by atoms with Gasteiger partial charge >= 0.3 is 13.7 Å². The molecule has 0 saturated carbocycles. The fourth-order valence-corrected chi connectivity index (χ4v) is 6.79. The van der Waals surface area contributed by atoms with Gasteiger partial charge < -0.3 is 34.7 Å². The average molecular weight is 688 g/mol. The van der Waals surface area contributed by atoms with Crippen molar-refractivity contribution < 1.29 is 42.8 Å². The van der Waals surface area contributed by atoms with Gasteiger partial charge in [0.2, 0.25) is 11.8 Å². The number of nitrogens with one attached hydrogen (secondary N) is 1. The molecule has 0 spiro atoms. The Balaban J connectivity index is 1.42. The normalized spacial score (nSPS) is 23.3. The number of aromatic nitrogens is 5. The highest BCUT2D eigenvalue weighted by Crippen LogP contribution is 2.48. The van der Waals surface area contributed by atoms with Gasteiger partial charge in [0, 0.05) is 11.6 Å². The van der Waals surface area contributed by atoms with Crippen molar-refractivity contribution in [1.82, 2.24) is 29.6 Å². The lowest BCUT2D eigenvalue weighted by atomic mass is 9.96. The van der Waals surface area contributed by atoms with E-state index < -0.39 is 56.3 Å². The van der Waals surface area contributed by atoms with Crippen molar-refractivity contribution in [3.63, 3.8) is 0 Å². The maximum Gasteiger partial charge on any atom is 0.459 e. The second kappa shape index (κ2) is 13.5. The largest absolute Gasteiger partial charge is 0.479 e. The molecule has 16 nitrogen and oxygen atoms in total. The van der Waals surface area contributed by atoms with Gasteiger partial charge in [-0.1, -0.05) is 40.7 Å². The highest BCUT2D eigenvalue weighted by molar-refractivity contribution is 7.52. The number of imidazole rings is 1. The van der Waals surface area contributed by atoms with Gasteiger partial charge in [-0.2, -0.15) is 15.1 Å². The number of aliphatic hydroxyl groups is 2. The monoisotopic (exact) mass is 687 g/mol. The van der Waals surface area contributed by atoms with Crippen LogP contribution < -0.4 is 20.1 Å². The zero-order valence-electron chi connectivity index (χ0n) is 27.9. The molecule has 4 aromatic rings. The molecule has 0 bridgehead atoms. The molecular weight excluding hydrogens is 645 g/mol. The first kappa shape index (κ1) is 35.4. The summed E-state index contributed by atoms with van der Waals surface area (Å²) in [6, 6.07) is 7.37. The minimum absolute atomic E-state index is 0.103. The summed E-state index contributed by atoms with van der Waals surface area (Å²) in [5.74, 6) is -0.847. The predicted octanol–water partition coefficient (Wildman–Crippen LogP) is 3.38. The molecule has 1 aliphatic heterocycles. The van der Waals surface area contributed by atoms with Gasteiger partial charge in [-0.15, -0.1) is 0 Å². The number of anilines is 1. The van der Waals surface area contributed by atoms with Gasteiger partial charge in [-0.25, -0.2) is 9.55 Å². The number of carbonyl (C=O) groups excluding carboxylic acids is 1. The number of esters is 1. The summed E-state index contributed by atoms with van der Waals surface area (Å²) in [5, 5.41) is 26.1. The van der Waals surface area contributed by atoms with E-state index in [1.807, 2.05) is 26.8 Å². The molecule has 0 radical (unpaired) electrons. The minimum atomic E-state index is -4.42. The first-order chi connectivity index (χ1) is 22.5. The summed E-state index contributed by atoms with van der Waals surface area (Å²) < 4.78 is 44.6. The van der Waals surface area contributed by atoms with E-state index in [0.29, 0.717) is 10.9 Å². The van der Waals surface area contributed by atoms with Crippen LogP contribution in [-0.4, -0.2) is 84.9 Å². The molecule has 3 aromatic heterocycles. The molecule has 6 atom stereocenters. The molecule has 0 aliphatic carbocycles. The third kappa shape index (κ3) is 7.53. The third-order valence-electron chi connectivity index (χ3n) is 7.68. The number of pyridine rings is 1. The number of hydrogen-bond donors (Lipinski definition) is 4. The van der Waals surface area contributed by atoms with Crippen molar-refractivity contribution in [2.24, 2.45) is 11.3 Å². The number of nitrogens with two attached hydrogens (primary N) is 1. The Morgan fingerprint density at radius 1 is 1.23 bits per heavy atom. The fraction of sp³-hybridized carbons (Fsp3) is 0.516. The molecule has 1 saturated heterocycles. The second-order valence-corrected chi connectivity index (χ2v) is 15.1. The lowest BCUT2D eigenvalue weighted by Gasteiger charge is -2.29. The van der Waals surface area contributed by atoms with Crippen LogP contribution in [0.1, 0.15) is 47.8 Å². The Labute approximate surface area is 277 Å². The third-order valence-corrected chi connectivity index (χ3v) is 9.22. The van der Waals surface area contributed by atoms with E-state index in [-0.39, 0.29) is 40.8 Å². The van der Waals surface area contributed by atoms with Crippen molar-refractivity contribution in [2.45, 2.75) is 71.6 Å². The summed E-state index contributed by atoms with van der Waals surface area (Å²) in [6.07, 6.45) is -1.01. The second-order valence-electron chi connectivity index (χ2n) is 13.4. The van der Waals surface area contributed by atoms with E-state index in [2.05, 4.69) is 25.0 Å². The zero-order valence-corrected chi connectivity index (χ0v) is 28.7. The van der Waals surface area contributed by atoms with Gasteiger partial charge in [0.15, 0.2) is 17.4 Å². The Morgan fingerprint density at radius 3 is 2.67 bits per heavy atom. The van der Waals surface area contributed by atoms with Crippen LogP contribution in [0.2, 0.25) is 0 Å². The molecule has 0 amide bonds. The Hall–Kier alpha value is -3.92. The van der Waals surface area contributed by atoms with Gasteiger partial charge in [0.1, 0.15) is 29.6 Å². The Bertz CT molecular complexity index is 1830. The van der Waals surface area contributed by atoms with Crippen LogP contribution in [0.15, 0.2) is 42.9 Å². The Kier molecular flexibility index (Phi) is 9.98. The number of ether oxygens (including phenoxy) is 3. The van der Waals surface area contributed by atoms with Crippen LogP contribution in [-0.2, 0) is 23.4 Å². The van der Waals surface area contributed by atoms with Crippen molar-refractivity contribution in [3.8, 4) is 11.6 Å². The number of fused-ring (bicyclic) bond motifs is 2. The predicted molar refractivity (Wildman–Crippen MR) is 175 cm³/mol. The zero-order chi connectivity index (χ0) is 35.0. The number of benzene rings is 1. The first-order valence-electron chi connectivity index (χ1n) is 15.3. The molecule has 4 heterocycles. The number of methoxy groups -OCH3 is 1. The summed E-state index contributed by atoms with van der Waals surface area (Å²) in [4.78, 5) is 30.0. The van der Waals surface area contributed by atoms with E-state index in [0.717, 1.165) is 0 Å². The summed E-state index contributed by atoms with van der Waals surface area (Å²) in [6.45, 7) is 10.3. The van der Waals surface area contributed by atoms with E-state index in [1.165, 1.54) is 24.9 Å². The quantitative estimate of drug-likeness (QED) is 0.124. The molecular formula is C31H42N7O9P. The topological polar surface area (TPSA) is 215 Å². The highest BCUT2D eigenvalue weighted by atomic mass is 31.2. The molecule has 5 N–H and O–H groups in total. The summed E-state index contributed by atoms with van der Waals surface area (Å²) in [7, 11) is -3.02. The molecule has 1 aliphatic rings. The van der Waals surface area contributed by atoms with Crippen molar-refractivity contribution in [3.05, 3.63) is 42.9 Å². The van der Waals surface area contributed by atoms with Crippen LogP contribution in [0.4, 0.5) is 5.95 Å². The summed E-state index contributed by atoms with van der Waals surface area (Å²) in [5.41, 5.74) is 4.77. The number of nitrogens with zero attached hydrogens (tertiary/aromatic N) is 5.